The van der Waals surface area contributed by atoms with Gasteiger partial charge >= 0.3 is 0 Å². The summed E-state index contributed by atoms with van der Waals surface area (Å²) in [6.07, 6.45) is 3.37. The molecule has 0 unspecified atom stereocenters. The largest absolute Gasteiger partial charge is 0.486 e. The molecule has 0 spiro atoms. The van der Waals surface area contributed by atoms with E-state index in [2.05, 4.69) is 53.1 Å². The Balaban J connectivity index is 1.35. The van der Waals surface area contributed by atoms with Gasteiger partial charge in [0.15, 0.2) is 17.1 Å². The highest BCUT2D eigenvalue weighted by Gasteiger charge is 2.16. The van der Waals surface area contributed by atoms with Crippen LogP contribution in [0.5, 0.6) is 5.75 Å². The number of benzene rings is 1. The van der Waals surface area contributed by atoms with E-state index in [1.807, 2.05) is 31.3 Å². The highest BCUT2D eigenvalue weighted by atomic mass is 16.5. The van der Waals surface area contributed by atoms with Crippen LogP contribution in [0.3, 0.4) is 0 Å². The van der Waals surface area contributed by atoms with Crippen molar-refractivity contribution in [1.82, 2.24) is 29.4 Å². The number of ether oxygens (including phenoxy) is 1. The second-order valence-electron chi connectivity index (χ2n) is 8.28. The summed E-state index contributed by atoms with van der Waals surface area (Å²) in [6.45, 7) is 6.90. The molecule has 0 amide bonds. The van der Waals surface area contributed by atoms with E-state index in [9.17, 15) is 0 Å². The van der Waals surface area contributed by atoms with Crippen LogP contribution in [0, 0.1) is 0 Å². The van der Waals surface area contributed by atoms with E-state index in [1.165, 1.54) is 5.56 Å². The van der Waals surface area contributed by atoms with Crippen LogP contribution in [0.2, 0.25) is 0 Å². The van der Waals surface area contributed by atoms with Crippen molar-refractivity contribution in [3.63, 3.8) is 0 Å². The molecule has 0 aliphatic heterocycles. The van der Waals surface area contributed by atoms with Gasteiger partial charge in [0.1, 0.15) is 24.4 Å². The lowest BCUT2D eigenvalue weighted by molar-refractivity contribution is 0.271. The Kier molecular flexibility index (Phi) is 4.09. The van der Waals surface area contributed by atoms with Gasteiger partial charge in [0.05, 0.1) is 11.6 Å². The quantitative estimate of drug-likeness (QED) is 0.449. The second kappa shape index (κ2) is 6.69. The molecule has 152 valence electrons. The first-order valence-corrected chi connectivity index (χ1v) is 9.74. The summed E-state index contributed by atoms with van der Waals surface area (Å²) < 4.78 is 15.1. The molecule has 8 nitrogen and oxygen atoms in total. The smallest absolute Gasteiger partial charge is 0.217 e. The standard InChI is InChI=1S/C22H22N6O2/c1-22(2,3)14-5-7-15(8-6-14)29-12-16-9-10-18(30-16)19-25-21-17-11-24-27(4)20(17)23-13-28(21)26-19/h5-11,13H,12H2,1-4H3. The SMILES string of the molecule is Cn1ncc2c1ncn1nc(-c3ccc(COc4ccc(C(C)(C)C)cc4)o3)nc21. The summed E-state index contributed by atoms with van der Waals surface area (Å²) in [6, 6.07) is 11.9. The third-order valence-electron chi connectivity index (χ3n) is 5.05. The summed E-state index contributed by atoms with van der Waals surface area (Å²) in [7, 11) is 1.85. The minimum absolute atomic E-state index is 0.118. The van der Waals surface area contributed by atoms with E-state index in [1.54, 1.807) is 21.7 Å². The van der Waals surface area contributed by atoms with Gasteiger partial charge in [-0.05, 0) is 35.2 Å². The van der Waals surface area contributed by atoms with Gasteiger partial charge in [-0.2, -0.15) is 5.10 Å². The minimum Gasteiger partial charge on any atom is -0.486 e. The number of aryl methyl sites for hydroxylation is 1. The van der Waals surface area contributed by atoms with Gasteiger partial charge in [-0.3, -0.25) is 4.68 Å². The monoisotopic (exact) mass is 402 g/mol. The van der Waals surface area contributed by atoms with Crippen LogP contribution < -0.4 is 4.74 Å². The first-order valence-electron chi connectivity index (χ1n) is 9.74. The molecule has 0 atom stereocenters. The van der Waals surface area contributed by atoms with Crippen LogP contribution >= 0.6 is 0 Å². The maximum absolute atomic E-state index is 5.91. The number of rotatable bonds is 4. The molecule has 0 aliphatic rings. The molecular formula is C22H22N6O2. The zero-order valence-corrected chi connectivity index (χ0v) is 17.3. The number of hydrogen-bond acceptors (Lipinski definition) is 6. The molecule has 4 aromatic heterocycles. The Morgan fingerprint density at radius 1 is 1.03 bits per heavy atom. The summed E-state index contributed by atoms with van der Waals surface area (Å²) in [5, 5.41) is 9.56. The third kappa shape index (κ3) is 3.20. The predicted octanol–water partition coefficient (Wildman–Crippen LogP) is 4.15. The van der Waals surface area contributed by atoms with E-state index in [0.29, 0.717) is 29.6 Å². The Morgan fingerprint density at radius 2 is 1.83 bits per heavy atom. The minimum atomic E-state index is 0.118. The lowest BCUT2D eigenvalue weighted by Crippen LogP contribution is -2.10. The molecule has 5 aromatic rings. The van der Waals surface area contributed by atoms with Crippen molar-refractivity contribution in [3.8, 4) is 17.3 Å². The first kappa shape index (κ1) is 18.4. The number of aromatic nitrogens is 6. The van der Waals surface area contributed by atoms with Gasteiger partial charge in [-0.1, -0.05) is 32.9 Å². The lowest BCUT2D eigenvalue weighted by Gasteiger charge is -2.19. The average molecular weight is 402 g/mol. The van der Waals surface area contributed by atoms with E-state index in [-0.39, 0.29) is 5.41 Å². The number of nitrogens with zero attached hydrogens (tertiary/aromatic N) is 6. The number of fused-ring (bicyclic) bond motifs is 3. The topological polar surface area (TPSA) is 83.3 Å². The van der Waals surface area contributed by atoms with Crippen LogP contribution in [0.25, 0.3) is 28.3 Å². The van der Waals surface area contributed by atoms with Crippen molar-refractivity contribution in [1.29, 1.82) is 0 Å². The summed E-state index contributed by atoms with van der Waals surface area (Å²) in [5.41, 5.74) is 2.83. The molecule has 5 rings (SSSR count). The Bertz CT molecular complexity index is 1340. The highest BCUT2D eigenvalue weighted by molar-refractivity contribution is 5.88. The maximum atomic E-state index is 5.91. The molecule has 4 heterocycles. The molecule has 30 heavy (non-hydrogen) atoms. The molecule has 0 radical (unpaired) electrons. The maximum Gasteiger partial charge on any atom is 0.217 e. The van der Waals surface area contributed by atoms with Crippen molar-refractivity contribution in [2.75, 3.05) is 0 Å². The molecule has 0 fully saturated rings. The van der Waals surface area contributed by atoms with Crippen molar-refractivity contribution in [2.45, 2.75) is 32.8 Å². The molecule has 0 N–H and O–H groups in total. The van der Waals surface area contributed by atoms with Gasteiger partial charge in [-0.15, -0.1) is 5.10 Å². The van der Waals surface area contributed by atoms with Crippen LogP contribution in [-0.2, 0) is 19.1 Å². The molecule has 0 saturated carbocycles. The van der Waals surface area contributed by atoms with Gasteiger partial charge in [0, 0.05) is 7.05 Å². The fourth-order valence-corrected chi connectivity index (χ4v) is 3.32. The molecule has 0 saturated heterocycles. The number of furan rings is 1. The normalized spacial score (nSPS) is 12.1. The highest BCUT2D eigenvalue weighted by Crippen LogP contribution is 2.26. The third-order valence-corrected chi connectivity index (χ3v) is 5.05. The Labute approximate surface area is 173 Å². The molecular weight excluding hydrogens is 380 g/mol. The van der Waals surface area contributed by atoms with E-state index >= 15 is 0 Å². The average Bonchev–Trinajstić information content (AvgIpc) is 3.43. The zero-order valence-electron chi connectivity index (χ0n) is 17.3. The first-order chi connectivity index (χ1) is 14.4. The fourth-order valence-electron chi connectivity index (χ4n) is 3.32. The second-order valence-corrected chi connectivity index (χ2v) is 8.28. The van der Waals surface area contributed by atoms with Crippen molar-refractivity contribution in [2.24, 2.45) is 7.05 Å². The summed E-state index contributed by atoms with van der Waals surface area (Å²) in [5.74, 6) is 2.58. The molecule has 0 aliphatic carbocycles. The Hall–Kier alpha value is -3.68. The zero-order chi connectivity index (χ0) is 20.9. The molecule has 1 aromatic carbocycles. The Morgan fingerprint density at radius 3 is 2.60 bits per heavy atom. The van der Waals surface area contributed by atoms with Crippen LogP contribution in [0.1, 0.15) is 32.1 Å². The van der Waals surface area contributed by atoms with Gasteiger partial charge < -0.3 is 9.15 Å². The fraction of sp³-hybridized carbons (Fsp3) is 0.273. The van der Waals surface area contributed by atoms with E-state index in [4.69, 9.17) is 9.15 Å². The van der Waals surface area contributed by atoms with Crippen molar-refractivity contribution >= 4 is 16.7 Å². The predicted molar refractivity (Wildman–Crippen MR) is 112 cm³/mol. The van der Waals surface area contributed by atoms with Crippen molar-refractivity contribution < 1.29 is 9.15 Å². The van der Waals surface area contributed by atoms with Gasteiger partial charge in [-0.25, -0.2) is 14.5 Å². The van der Waals surface area contributed by atoms with Gasteiger partial charge in [0.25, 0.3) is 0 Å². The molecule has 0 bridgehead atoms. The van der Waals surface area contributed by atoms with Gasteiger partial charge in [0.2, 0.25) is 5.82 Å². The lowest BCUT2D eigenvalue weighted by atomic mass is 9.87. The summed E-state index contributed by atoms with van der Waals surface area (Å²) in [4.78, 5) is 8.99. The van der Waals surface area contributed by atoms with Crippen LogP contribution in [0.4, 0.5) is 0 Å². The van der Waals surface area contributed by atoms with E-state index in [0.717, 1.165) is 16.8 Å². The number of hydrogen-bond donors (Lipinski definition) is 0. The molecule has 8 heteroatoms. The summed E-state index contributed by atoms with van der Waals surface area (Å²) >= 11 is 0. The van der Waals surface area contributed by atoms with Crippen molar-refractivity contribution in [3.05, 3.63) is 60.2 Å². The van der Waals surface area contributed by atoms with E-state index < -0.39 is 0 Å². The van der Waals surface area contributed by atoms with Crippen LogP contribution in [0.15, 0.2) is 53.3 Å². The van der Waals surface area contributed by atoms with Crippen LogP contribution in [-0.4, -0.2) is 29.4 Å².